The first kappa shape index (κ1) is 17.6. The van der Waals surface area contributed by atoms with Crippen molar-refractivity contribution in [3.05, 3.63) is 54.1 Å². The van der Waals surface area contributed by atoms with Gasteiger partial charge in [0.15, 0.2) is 0 Å². The van der Waals surface area contributed by atoms with Gasteiger partial charge in [-0.2, -0.15) is 5.26 Å². The van der Waals surface area contributed by atoms with Crippen LogP contribution in [-0.4, -0.2) is 26.2 Å². The van der Waals surface area contributed by atoms with Crippen LogP contribution in [0.25, 0.3) is 11.1 Å². The maximum Gasteiger partial charge on any atom is 0.328 e. The Balaban J connectivity index is 2.32. The van der Waals surface area contributed by atoms with Gasteiger partial charge >= 0.3 is 5.97 Å². The zero-order chi connectivity index (χ0) is 17.7. The van der Waals surface area contributed by atoms with E-state index in [1.54, 1.807) is 6.07 Å². The molecule has 0 aliphatic rings. The van der Waals surface area contributed by atoms with Crippen LogP contribution in [-0.2, 0) is 9.53 Å². The van der Waals surface area contributed by atoms with Crippen LogP contribution < -0.4 is 4.90 Å². The summed E-state index contributed by atoms with van der Waals surface area (Å²) in [6.45, 7) is 3.99. The van der Waals surface area contributed by atoms with Crippen molar-refractivity contribution in [2.75, 3.05) is 19.1 Å². The Morgan fingerprint density at radius 2 is 1.75 bits per heavy atom. The minimum Gasteiger partial charge on any atom is -0.467 e. The van der Waals surface area contributed by atoms with E-state index in [-0.39, 0.29) is 17.9 Å². The summed E-state index contributed by atoms with van der Waals surface area (Å²) in [6, 6.07) is 17.2. The summed E-state index contributed by atoms with van der Waals surface area (Å²) in [5.41, 5.74) is 3.46. The molecular formula is C20H22N2O2. The summed E-state index contributed by atoms with van der Waals surface area (Å²) in [7, 11) is 3.30. The van der Waals surface area contributed by atoms with Gasteiger partial charge in [0.05, 0.1) is 18.7 Å². The number of hydrogen-bond donors (Lipinski definition) is 0. The number of nitrogens with zero attached hydrogens (tertiary/aromatic N) is 2. The molecule has 0 saturated carbocycles. The van der Waals surface area contributed by atoms with E-state index in [0.29, 0.717) is 5.56 Å². The van der Waals surface area contributed by atoms with Gasteiger partial charge in [-0.05, 0) is 35.2 Å². The van der Waals surface area contributed by atoms with Crippen LogP contribution in [0.15, 0.2) is 48.5 Å². The zero-order valence-electron chi connectivity index (χ0n) is 14.5. The molecule has 0 saturated heterocycles. The van der Waals surface area contributed by atoms with Crippen LogP contribution in [0.5, 0.6) is 0 Å². The first-order chi connectivity index (χ1) is 11.5. The number of nitriles is 1. The second-order valence-corrected chi connectivity index (χ2v) is 6.03. The van der Waals surface area contributed by atoms with Crippen LogP contribution in [0.4, 0.5) is 5.69 Å². The average molecular weight is 322 g/mol. The molecule has 124 valence electrons. The molecule has 0 amide bonds. The van der Waals surface area contributed by atoms with Crippen molar-refractivity contribution in [2.24, 2.45) is 5.92 Å². The highest BCUT2D eigenvalue weighted by Gasteiger charge is 2.27. The Labute approximate surface area is 143 Å². The highest BCUT2D eigenvalue weighted by atomic mass is 16.5. The van der Waals surface area contributed by atoms with Crippen molar-refractivity contribution in [2.45, 2.75) is 19.9 Å². The fourth-order valence-corrected chi connectivity index (χ4v) is 2.87. The van der Waals surface area contributed by atoms with E-state index in [9.17, 15) is 10.1 Å². The fraction of sp³-hybridized carbons (Fsp3) is 0.300. The number of rotatable bonds is 5. The largest absolute Gasteiger partial charge is 0.467 e. The Kier molecular flexibility index (Phi) is 5.59. The first-order valence-electron chi connectivity index (χ1n) is 7.89. The van der Waals surface area contributed by atoms with Gasteiger partial charge in [-0.15, -0.1) is 0 Å². The first-order valence-corrected chi connectivity index (χ1v) is 7.89. The van der Waals surface area contributed by atoms with Crippen LogP contribution in [0.3, 0.4) is 0 Å². The molecule has 4 heteroatoms. The number of benzene rings is 2. The van der Waals surface area contributed by atoms with Gasteiger partial charge in [-0.25, -0.2) is 4.79 Å². The molecule has 0 heterocycles. The highest BCUT2D eigenvalue weighted by Crippen LogP contribution is 2.27. The van der Waals surface area contributed by atoms with Gasteiger partial charge in [-0.3, -0.25) is 0 Å². The van der Waals surface area contributed by atoms with Crippen molar-refractivity contribution in [3.8, 4) is 17.2 Å². The fourth-order valence-electron chi connectivity index (χ4n) is 2.87. The van der Waals surface area contributed by atoms with Crippen molar-refractivity contribution in [1.29, 1.82) is 5.26 Å². The van der Waals surface area contributed by atoms with Gasteiger partial charge in [0.2, 0.25) is 0 Å². The predicted molar refractivity (Wildman–Crippen MR) is 95.6 cm³/mol. The van der Waals surface area contributed by atoms with Crippen molar-refractivity contribution in [3.63, 3.8) is 0 Å². The number of carbonyl (C=O) groups is 1. The molecule has 0 aliphatic carbocycles. The standard InChI is InChI=1S/C20H22N2O2/c1-14(2)19(20(23)24-4)22(3)17-11-9-15(10-12-17)18-8-6-5-7-16(18)13-21/h5-12,14,19H,1-4H3/t19-/m0/s1. The van der Waals surface area contributed by atoms with E-state index in [1.807, 2.05) is 68.3 Å². The van der Waals surface area contributed by atoms with Gasteiger partial charge in [0, 0.05) is 12.7 Å². The molecule has 0 aliphatic heterocycles. The minimum atomic E-state index is -0.341. The summed E-state index contributed by atoms with van der Waals surface area (Å²) < 4.78 is 4.92. The smallest absolute Gasteiger partial charge is 0.328 e. The molecule has 4 nitrogen and oxygen atoms in total. The number of anilines is 1. The van der Waals surface area contributed by atoms with Gasteiger partial charge in [0.1, 0.15) is 6.04 Å². The average Bonchev–Trinajstić information content (AvgIpc) is 2.61. The monoisotopic (exact) mass is 322 g/mol. The molecule has 0 aromatic heterocycles. The number of methoxy groups -OCH3 is 1. The van der Waals surface area contributed by atoms with Crippen LogP contribution in [0.2, 0.25) is 0 Å². The second-order valence-electron chi connectivity index (χ2n) is 6.03. The van der Waals surface area contributed by atoms with E-state index < -0.39 is 0 Å². The van der Waals surface area contributed by atoms with E-state index in [2.05, 4.69) is 6.07 Å². The van der Waals surface area contributed by atoms with Gasteiger partial charge in [0.25, 0.3) is 0 Å². The quantitative estimate of drug-likeness (QED) is 0.784. The highest BCUT2D eigenvalue weighted by molar-refractivity contribution is 5.80. The van der Waals surface area contributed by atoms with E-state index in [0.717, 1.165) is 16.8 Å². The lowest BCUT2D eigenvalue weighted by Gasteiger charge is -2.30. The molecular weight excluding hydrogens is 300 g/mol. The number of ether oxygens (including phenoxy) is 1. The number of hydrogen-bond acceptors (Lipinski definition) is 4. The molecule has 0 N–H and O–H groups in total. The number of likely N-dealkylation sites (N-methyl/N-ethyl adjacent to an activating group) is 1. The molecule has 2 aromatic carbocycles. The molecule has 0 unspecified atom stereocenters. The third kappa shape index (κ3) is 3.57. The Bertz CT molecular complexity index is 745. The molecule has 2 aromatic rings. The molecule has 0 bridgehead atoms. The number of carbonyl (C=O) groups excluding carboxylic acids is 1. The molecule has 0 spiro atoms. The van der Waals surface area contributed by atoms with Crippen molar-refractivity contribution >= 4 is 11.7 Å². The normalized spacial score (nSPS) is 11.7. The van der Waals surface area contributed by atoms with Crippen LogP contribution in [0, 0.1) is 17.2 Å². The van der Waals surface area contributed by atoms with Crippen molar-refractivity contribution < 1.29 is 9.53 Å². The SMILES string of the molecule is COC(=O)[C@H](C(C)C)N(C)c1ccc(-c2ccccc2C#N)cc1. The Morgan fingerprint density at radius 3 is 2.29 bits per heavy atom. The summed E-state index contributed by atoms with van der Waals surface area (Å²) in [4.78, 5) is 14.0. The summed E-state index contributed by atoms with van der Waals surface area (Å²) in [5.74, 6) is -0.118. The predicted octanol–water partition coefficient (Wildman–Crippen LogP) is 3.86. The lowest BCUT2D eigenvalue weighted by Crippen LogP contribution is -2.43. The maximum absolute atomic E-state index is 12.0. The molecule has 24 heavy (non-hydrogen) atoms. The molecule has 1 atom stereocenters. The lowest BCUT2D eigenvalue weighted by atomic mass is 9.99. The lowest BCUT2D eigenvalue weighted by molar-refractivity contribution is -0.143. The summed E-state index contributed by atoms with van der Waals surface area (Å²) >= 11 is 0. The number of esters is 1. The second kappa shape index (κ2) is 7.65. The Hall–Kier alpha value is -2.80. The van der Waals surface area contributed by atoms with Gasteiger partial charge in [-0.1, -0.05) is 44.2 Å². The molecule has 0 radical (unpaired) electrons. The third-order valence-electron chi connectivity index (χ3n) is 4.12. The van der Waals surface area contributed by atoms with E-state index in [1.165, 1.54) is 7.11 Å². The van der Waals surface area contributed by atoms with E-state index in [4.69, 9.17) is 4.74 Å². The summed E-state index contributed by atoms with van der Waals surface area (Å²) in [6.07, 6.45) is 0. The minimum absolute atomic E-state index is 0.126. The summed E-state index contributed by atoms with van der Waals surface area (Å²) in [5, 5.41) is 9.24. The van der Waals surface area contributed by atoms with Crippen molar-refractivity contribution in [1.82, 2.24) is 0 Å². The Morgan fingerprint density at radius 1 is 1.12 bits per heavy atom. The molecule has 0 fully saturated rings. The van der Waals surface area contributed by atoms with Gasteiger partial charge < -0.3 is 9.64 Å². The third-order valence-corrected chi connectivity index (χ3v) is 4.12. The van der Waals surface area contributed by atoms with Crippen LogP contribution in [0.1, 0.15) is 19.4 Å². The van der Waals surface area contributed by atoms with Crippen LogP contribution >= 0.6 is 0 Å². The topological polar surface area (TPSA) is 53.3 Å². The van der Waals surface area contributed by atoms with E-state index >= 15 is 0 Å². The maximum atomic E-state index is 12.0. The zero-order valence-corrected chi connectivity index (χ0v) is 14.5. The molecule has 2 rings (SSSR count).